The summed E-state index contributed by atoms with van der Waals surface area (Å²) in [6, 6.07) is 0.876. The molecule has 0 bridgehead atoms. The van der Waals surface area contributed by atoms with Gasteiger partial charge in [-0.15, -0.1) is 0 Å². The molecule has 8 heteroatoms. The van der Waals surface area contributed by atoms with Crippen LogP contribution in [0.2, 0.25) is 11.2 Å². The van der Waals surface area contributed by atoms with Gasteiger partial charge in [-0.1, -0.05) is 6.92 Å². The molecule has 0 fully saturated rings. The van der Waals surface area contributed by atoms with Crippen LogP contribution in [0.5, 0.6) is 0 Å². The normalized spacial score (nSPS) is 14.2. The summed E-state index contributed by atoms with van der Waals surface area (Å²) in [5, 5.41) is 0.00892. The van der Waals surface area contributed by atoms with Crippen LogP contribution in [-0.4, -0.2) is 56.2 Å². The predicted molar refractivity (Wildman–Crippen MR) is 102 cm³/mol. The van der Waals surface area contributed by atoms with Gasteiger partial charge >= 0.3 is 17.4 Å². The second-order valence-corrected chi connectivity index (χ2v) is 12.7. The van der Waals surface area contributed by atoms with Gasteiger partial charge in [0.05, 0.1) is 5.16 Å². The smallest absolute Gasteiger partial charge is 0.394 e. The van der Waals surface area contributed by atoms with Gasteiger partial charge in [-0.3, -0.25) is 0 Å². The molecule has 0 saturated heterocycles. The standard InChI is InChI=1S/C15H36O5SSi2/c1-7-16-22(17-8-2,14-12-13-21)15(6)23(18-9-3,19-10-4)20-11-5/h15,21H,7-14H2,1-6H3. The van der Waals surface area contributed by atoms with E-state index < -0.39 is 17.4 Å². The van der Waals surface area contributed by atoms with E-state index in [4.69, 9.17) is 22.1 Å². The minimum Gasteiger partial charge on any atom is -0.394 e. The molecule has 23 heavy (non-hydrogen) atoms. The van der Waals surface area contributed by atoms with Crippen molar-refractivity contribution in [3.63, 3.8) is 0 Å². The van der Waals surface area contributed by atoms with Gasteiger partial charge < -0.3 is 22.1 Å². The lowest BCUT2D eigenvalue weighted by molar-refractivity contribution is 0.0608. The Hall–Kier alpha value is 0.584. The van der Waals surface area contributed by atoms with E-state index in [1.807, 2.05) is 34.6 Å². The van der Waals surface area contributed by atoms with E-state index in [2.05, 4.69) is 19.6 Å². The average molecular weight is 385 g/mol. The van der Waals surface area contributed by atoms with Crippen molar-refractivity contribution in [3.8, 4) is 0 Å². The molecule has 0 saturated carbocycles. The molecule has 0 rings (SSSR count). The van der Waals surface area contributed by atoms with E-state index in [1.165, 1.54) is 0 Å². The van der Waals surface area contributed by atoms with Gasteiger partial charge in [0.25, 0.3) is 0 Å². The van der Waals surface area contributed by atoms with E-state index in [9.17, 15) is 0 Å². The molecule has 0 aromatic rings. The summed E-state index contributed by atoms with van der Waals surface area (Å²) in [4.78, 5) is 0. The van der Waals surface area contributed by atoms with Crippen LogP contribution in [0.3, 0.4) is 0 Å². The molecule has 0 N–H and O–H groups in total. The van der Waals surface area contributed by atoms with Gasteiger partial charge in [-0.05, 0) is 52.8 Å². The molecule has 1 atom stereocenters. The Bertz CT molecular complexity index is 274. The van der Waals surface area contributed by atoms with Crippen molar-refractivity contribution in [1.29, 1.82) is 0 Å². The van der Waals surface area contributed by atoms with Crippen molar-refractivity contribution in [3.05, 3.63) is 0 Å². The first-order valence-corrected chi connectivity index (χ1v) is 13.4. The third-order valence-corrected chi connectivity index (χ3v) is 13.4. The summed E-state index contributed by atoms with van der Waals surface area (Å²) >= 11 is 4.36. The topological polar surface area (TPSA) is 46.2 Å². The van der Waals surface area contributed by atoms with E-state index >= 15 is 0 Å². The van der Waals surface area contributed by atoms with Crippen LogP contribution in [0.15, 0.2) is 0 Å². The van der Waals surface area contributed by atoms with E-state index in [1.54, 1.807) is 0 Å². The van der Waals surface area contributed by atoms with Gasteiger partial charge in [0.15, 0.2) is 0 Å². The largest absolute Gasteiger partial charge is 0.505 e. The van der Waals surface area contributed by atoms with Gasteiger partial charge in [0.2, 0.25) is 0 Å². The number of rotatable bonds is 15. The van der Waals surface area contributed by atoms with E-state index in [-0.39, 0.29) is 5.16 Å². The molecule has 0 amide bonds. The highest BCUT2D eigenvalue weighted by Gasteiger charge is 2.60. The third-order valence-electron chi connectivity index (χ3n) is 3.69. The molecule has 1 unspecified atom stereocenters. The van der Waals surface area contributed by atoms with Crippen molar-refractivity contribution in [2.45, 2.75) is 59.2 Å². The second kappa shape index (κ2) is 12.9. The monoisotopic (exact) mass is 384 g/mol. The zero-order valence-electron chi connectivity index (χ0n) is 15.7. The zero-order valence-corrected chi connectivity index (χ0v) is 18.6. The molecule has 0 aliphatic heterocycles. The molecular weight excluding hydrogens is 348 g/mol. The van der Waals surface area contributed by atoms with E-state index in [0.717, 1.165) is 18.2 Å². The van der Waals surface area contributed by atoms with Crippen molar-refractivity contribution >= 4 is 30.0 Å². The van der Waals surface area contributed by atoms with Crippen molar-refractivity contribution in [2.24, 2.45) is 0 Å². The summed E-state index contributed by atoms with van der Waals surface area (Å²) in [7, 11) is -5.40. The molecule has 0 radical (unpaired) electrons. The van der Waals surface area contributed by atoms with Crippen LogP contribution in [0.1, 0.15) is 48.0 Å². The highest BCUT2D eigenvalue weighted by Crippen LogP contribution is 2.39. The lowest BCUT2D eigenvalue weighted by atomic mass is 10.6. The minimum atomic E-state index is -2.87. The van der Waals surface area contributed by atoms with Crippen LogP contribution >= 0.6 is 12.6 Å². The maximum absolute atomic E-state index is 6.26. The number of thiol groups is 1. The Balaban J connectivity index is 5.71. The highest BCUT2D eigenvalue weighted by atomic mass is 32.1. The van der Waals surface area contributed by atoms with Crippen LogP contribution in [-0.2, 0) is 22.1 Å². The first-order valence-electron chi connectivity index (χ1n) is 8.82. The Labute approximate surface area is 150 Å². The molecule has 140 valence electrons. The van der Waals surface area contributed by atoms with E-state index in [0.29, 0.717) is 33.0 Å². The maximum Gasteiger partial charge on any atom is 0.505 e. The molecule has 0 aromatic heterocycles. The summed E-state index contributed by atoms with van der Waals surface area (Å²) in [6.45, 7) is 15.0. The second-order valence-electron chi connectivity index (χ2n) is 5.13. The average Bonchev–Trinajstić information content (AvgIpc) is 2.53. The molecule has 0 aromatic carbocycles. The molecule has 0 aliphatic carbocycles. The molecule has 5 nitrogen and oxygen atoms in total. The van der Waals surface area contributed by atoms with Crippen molar-refractivity contribution in [2.75, 3.05) is 38.8 Å². The predicted octanol–water partition coefficient (Wildman–Crippen LogP) is 3.80. The Kier molecular flexibility index (Phi) is 13.2. The number of hydrogen-bond donors (Lipinski definition) is 1. The van der Waals surface area contributed by atoms with Crippen molar-refractivity contribution in [1.82, 2.24) is 0 Å². The summed E-state index contributed by atoms with van der Waals surface area (Å²) in [6.07, 6.45) is 0.953. The van der Waals surface area contributed by atoms with Crippen molar-refractivity contribution < 1.29 is 22.1 Å². The molecule has 0 spiro atoms. The zero-order chi connectivity index (χ0) is 17.8. The Morgan fingerprint density at radius 1 is 0.739 bits per heavy atom. The van der Waals surface area contributed by atoms with Gasteiger partial charge in [0, 0.05) is 33.0 Å². The third kappa shape index (κ3) is 6.77. The van der Waals surface area contributed by atoms with Gasteiger partial charge in [-0.2, -0.15) is 12.6 Å². The Morgan fingerprint density at radius 2 is 1.13 bits per heavy atom. The first kappa shape index (κ1) is 23.6. The quantitative estimate of drug-likeness (QED) is 0.344. The lowest BCUT2D eigenvalue weighted by Gasteiger charge is -2.42. The summed E-state index contributed by atoms with van der Waals surface area (Å²) in [5.41, 5.74) is 0. The fraction of sp³-hybridized carbons (Fsp3) is 1.00. The fourth-order valence-electron chi connectivity index (χ4n) is 2.84. The molecular formula is C15H36O5SSi2. The van der Waals surface area contributed by atoms with Gasteiger partial charge in [0.1, 0.15) is 0 Å². The van der Waals surface area contributed by atoms with Gasteiger partial charge in [-0.25, -0.2) is 0 Å². The maximum atomic E-state index is 6.26. The molecule has 0 heterocycles. The first-order chi connectivity index (χ1) is 11.0. The fourth-order valence-corrected chi connectivity index (χ4v) is 12.3. The minimum absolute atomic E-state index is 0.00892. The van der Waals surface area contributed by atoms with Crippen LogP contribution in [0, 0.1) is 0 Å². The molecule has 0 aliphatic rings. The van der Waals surface area contributed by atoms with Crippen LogP contribution in [0.25, 0.3) is 0 Å². The van der Waals surface area contributed by atoms with Crippen LogP contribution < -0.4 is 0 Å². The van der Waals surface area contributed by atoms with Crippen LogP contribution in [0.4, 0.5) is 0 Å². The SMILES string of the molecule is CCO[Si](CCCS)(OCC)C(C)[Si](OCC)(OCC)OCC. The summed E-state index contributed by atoms with van der Waals surface area (Å²) in [5.74, 6) is 0.814. The summed E-state index contributed by atoms with van der Waals surface area (Å²) < 4.78 is 30.8. The Morgan fingerprint density at radius 3 is 1.43 bits per heavy atom. The number of hydrogen-bond acceptors (Lipinski definition) is 6. The highest BCUT2D eigenvalue weighted by molar-refractivity contribution is 7.80. The lowest BCUT2D eigenvalue weighted by Crippen LogP contribution is -2.61.